The van der Waals surface area contributed by atoms with Crippen LogP contribution in [-0.2, 0) is 9.31 Å². The highest BCUT2D eigenvalue weighted by atomic mass is 35.5. The van der Waals surface area contributed by atoms with Crippen LogP contribution in [0.4, 0.5) is 0 Å². The van der Waals surface area contributed by atoms with Crippen molar-refractivity contribution in [3.8, 4) is 22.3 Å². The molecule has 142 valence electrons. The van der Waals surface area contributed by atoms with E-state index in [2.05, 4.69) is 82.3 Å². The van der Waals surface area contributed by atoms with Gasteiger partial charge in [0.25, 0.3) is 0 Å². The highest BCUT2D eigenvalue weighted by Crippen LogP contribution is 2.37. The van der Waals surface area contributed by atoms with E-state index in [1.54, 1.807) is 0 Å². The lowest BCUT2D eigenvalue weighted by atomic mass is 9.78. The van der Waals surface area contributed by atoms with Crippen LogP contribution in [0.5, 0.6) is 0 Å². The Morgan fingerprint density at radius 1 is 0.643 bits per heavy atom. The molecule has 0 unspecified atom stereocenters. The van der Waals surface area contributed by atoms with Crippen molar-refractivity contribution in [2.24, 2.45) is 0 Å². The Balaban J connectivity index is 1.71. The van der Waals surface area contributed by atoms with E-state index in [1.165, 1.54) is 11.1 Å². The van der Waals surface area contributed by atoms with Crippen molar-refractivity contribution in [1.29, 1.82) is 0 Å². The van der Waals surface area contributed by atoms with Crippen molar-refractivity contribution in [3.05, 3.63) is 77.8 Å². The molecule has 0 atom stereocenters. The van der Waals surface area contributed by atoms with Crippen LogP contribution < -0.4 is 5.46 Å². The second kappa shape index (κ2) is 7.07. The van der Waals surface area contributed by atoms with Crippen LogP contribution in [-0.4, -0.2) is 18.3 Å². The van der Waals surface area contributed by atoms with E-state index in [0.717, 1.165) is 16.6 Å². The fourth-order valence-electron chi connectivity index (χ4n) is 3.40. The highest BCUT2D eigenvalue weighted by Gasteiger charge is 2.51. The smallest absolute Gasteiger partial charge is 0.399 e. The monoisotopic (exact) mass is 390 g/mol. The van der Waals surface area contributed by atoms with E-state index in [-0.39, 0.29) is 11.2 Å². The average Bonchev–Trinajstić information content (AvgIpc) is 2.89. The summed E-state index contributed by atoms with van der Waals surface area (Å²) in [5.74, 6) is 0. The van der Waals surface area contributed by atoms with Crippen LogP contribution in [0.25, 0.3) is 22.3 Å². The molecule has 3 aromatic rings. The van der Waals surface area contributed by atoms with Crippen LogP contribution >= 0.6 is 11.6 Å². The Hall–Kier alpha value is -2.07. The minimum absolute atomic E-state index is 0.382. The number of benzene rings is 3. The SMILES string of the molecule is CC1(C)OB(c2cc(Cl)cc(-c3cccc(-c4ccccc4)c3)c2)OC1(C)C. The van der Waals surface area contributed by atoms with Crippen LogP contribution in [0.2, 0.25) is 5.02 Å². The van der Waals surface area contributed by atoms with Crippen molar-refractivity contribution < 1.29 is 9.31 Å². The van der Waals surface area contributed by atoms with Gasteiger partial charge in [0.1, 0.15) is 0 Å². The normalized spacial score (nSPS) is 17.7. The molecular weight excluding hydrogens is 367 g/mol. The standard InChI is InChI=1S/C24H24BClO2/c1-23(2)24(3,4)28-25(27-23)21-14-20(15-22(26)16-21)19-12-8-11-18(13-19)17-9-6-5-7-10-17/h5-16H,1-4H3. The van der Waals surface area contributed by atoms with Gasteiger partial charge in [-0.15, -0.1) is 0 Å². The minimum atomic E-state index is -0.431. The molecule has 1 saturated heterocycles. The first-order valence-electron chi connectivity index (χ1n) is 9.57. The number of hydrogen-bond donors (Lipinski definition) is 0. The zero-order chi connectivity index (χ0) is 19.9. The lowest BCUT2D eigenvalue weighted by Gasteiger charge is -2.32. The molecule has 0 N–H and O–H groups in total. The summed E-state index contributed by atoms with van der Waals surface area (Å²) in [6.07, 6.45) is 0. The second-order valence-corrected chi connectivity index (χ2v) is 8.74. The maximum Gasteiger partial charge on any atom is 0.494 e. The third-order valence-electron chi connectivity index (χ3n) is 5.75. The van der Waals surface area contributed by atoms with Gasteiger partial charge in [-0.2, -0.15) is 0 Å². The molecule has 4 heteroatoms. The summed E-state index contributed by atoms with van der Waals surface area (Å²) in [6.45, 7) is 8.23. The zero-order valence-electron chi connectivity index (χ0n) is 16.7. The maximum atomic E-state index is 6.47. The number of hydrogen-bond acceptors (Lipinski definition) is 2. The Morgan fingerprint density at radius 2 is 1.21 bits per heavy atom. The van der Waals surface area contributed by atoms with Crippen molar-refractivity contribution >= 4 is 24.2 Å². The van der Waals surface area contributed by atoms with Crippen LogP contribution in [0.3, 0.4) is 0 Å². The molecule has 0 aromatic heterocycles. The molecular formula is C24H24BClO2. The Bertz CT molecular complexity index is 982. The topological polar surface area (TPSA) is 18.5 Å². The van der Waals surface area contributed by atoms with Gasteiger partial charge in [-0.25, -0.2) is 0 Å². The van der Waals surface area contributed by atoms with E-state index < -0.39 is 7.12 Å². The van der Waals surface area contributed by atoms with Gasteiger partial charge in [-0.1, -0.05) is 66.2 Å². The lowest BCUT2D eigenvalue weighted by molar-refractivity contribution is 0.00578. The number of rotatable bonds is 3. The van der Waals surface area contributed by atoms with E-state index in [1.807, 2.05) is 18.2 Å². The molecule has 1 aliphatic rings. The van der Waals surface area contributed by atoms with E-state index in [0.29, 0.717) is 5.02 Å². The summed E-state index contributed by atoms with van der Waals surface area (Å²) in [5.41, 5.74) is 4.71. The summed E-state index contributed by atoms with van der Waals surface area (Å²) < 4.78 is 12.4. The largest absolute Gasteiger partial charge is 0.494 e. The quantitative estimate of drug-likeness (QED) is 0.513. The van der Waals surface area contributed by atoms with Crippen LogP contribution in [0, 0.1) is 0 Å². The molecule has 0 spiro atoms. The van der Waals surface area contributed by atoms with E-state index in [4.69, 9.17) is 20.9 Å². The van der Waals surface area contributed by atoms with E-state index in [9.17, 15) is 0 Å². The molecule has 0 saturated carbocycles. The molecule has 0 amide bonds. The van der Waals surface area contributed by atoms with Gasteiger partial charge >= 0.3 is 7.12 Å². The highest BCUT2D eigenvalue weighted by molar-refractivity contribution is 6.62. The molecule has 0 bridgehead atoms. The fourth-order valence-corrected chi connectivity index (χ4v) is 3.65. The summed E-state index contributed by atoms with van der Waals surface area (Å²) >= 11 is 6.47. The maximum absolute atomic E-state index is 6.47. The Kier molecular flexibility index (Phi) is 4.87. The van der Waals surface area contributed by atoms with Gasteiger partial charge in [0.15, 0.2) is 0 Å². The molecule has 28 heavy (non-hydrogen) atoms. The molecule has 1 fully saturated rings. The summed E-state index contributed by atoms with van der Waals surface area (Å²) in [7, 11) is -0.431. The molecule has 0 radical (unpaired) electrons. The first-order valence-corrected chi connectivity index (χ1v) is 9.95. The van der Waals surface area contributed by atoms with Gasteiger partial charge in [0.05, 0.1) is 11.2 Å². The molecule has 4 rings (SSSR count). The molecule has 3 aromatic carbocycles. The third-order valence-corrected chi connectivity index (χ3v) is 5.97. The van der Waals surface area contributed by atoms with Gasteiger partial charge in [0, 0.05) is 5.02 Å². The summed E-state index contributed by atoms with van der Waals surface area (Å²) in [5, 5.41) is 0.673. The summed E-state index contributed by atoms with van der Waals surface area (Å²) in [6, 6.07) is 24.9. The van der Waals surface area contributed by atoms with Gasteiger partial charge in [-0.05, 0) is 73.6 Å². The fraction of sp³-hybridized carbons (Fsp3) is 0.250. The zero-order valence-corrected chi connectivity index (χ0v) is 17.5. The van der Waals surface area contributed by atoms with Crippen molar-refractivity contribution in [1.82, 2.24) is 0 Å². The first kappa shape index (κ1) is 19.3. The first-order chi connectivity index (χ1) is 13.2. The second-order valence-electron chi connectivity index (χ2n) is 8.31. The van der Waals surface area contributed by atoms with Crippen molar-refractivity contribution in [3.63, 3.8) is 0 Å². The Labute approximate surface area is 172 Å². The Morgan fingerprint density at radius 3 is 1.86 bits per heavy atom. The average molecular weight is 391 g/mol. The van der Waals surface area contributed by atoms with Gasteiger partial charge < -0.3 is 9.31 Å². The minimum Gasteiger partial charge on any atom is -0.399 e. The molecule has 1 aliphatic heterocycles. The van der Waals surface area contributed by atoms with Gasteiger partial charge in [0.2, 0.25) is 0 Å². The van der Waals surface area contributed by atoms with E-state index >= 15 is 0 Å². The van der Waals surface area contributed by atoms with Crippen LogP contribution in [0.1, 0.15) is 27.7 Å². The van der Waals surface area contributed by atoms with Crippen molar-refractivity contribution in [2.45, 2.75) is 38.9 Å². The van der Waals surface area contributed by atoms with Crippen LogP contribution in [0.15, 0.2) is 72.8 Å². The molecule has 2 nitrogen and oxygen atoms in total. The van der Waals surface area contributed by atoms with Gasteiger partial charge in [-0.3, -0.25) is 0 Å². The lowest BCUT2D eigenvalue weighted by Crippen LogP contribution is -2.41. The summed E-state index contributed by atoms with van der Waals surface area (Å²) in [4.78, 5) is 0. The third kappa shape index (κ3) is 3.62. The van der Waals surface area contributed by atoms with Crippen molar-refractivity contribution in [2.75, 3.05) is 0 Å². The number of halogens is 1. The predicted octanol–water partition coefficient (Wildman–Crippen LogP) is 5.97. The predicted molar refractivity (Wildman–Crippen MR) is 118 cm³/mol. The molecule has 1 heterocycles. The molecule has 0 aliphatic carbocycles.